The third-order valence-corrected chi connectivity index (χ3v) is 3.76. The number of hydrogen-bond donors (Lipinski definition) is 1. The summed E-state index contributed by atoms with van der Waals surface area (Å²) in [4.78, 5) is 4.43. The smallest absolute Gasteiger partial charge is 0.227 e. The van der Waals surface area contributed by atoms with E-state index < -0.39 is 0 Å². The van der Waals surface area contributed by atoms with Crippen LogP contribution >= 0.6 is 0 Å². The maximum atomic E-state index is 9.46. The summed E-state index contributed by atoms with van der Waals surface area (Å²) in [5.74, 6) is 2.18. The van der Waals surface area contributed by atoms with E-state index in [1.54, 1.807) is 18.2 Å². The second-order valence-corrected chi connectivity index (χ2v) is 5.27. The molecule has 1 saturated carbocycles. The van der Waals surface area contributed by atoms with Crippen molar-refractivity contribution in [3.63, 3.8) is 0 Å². The van der Waals surface area contributed by atoms with Gasteiger partial charge in [0.2, 0.25) is 11.7 Å². The molecule has 4 heteroatoms. The van der Waals surface area contributed by atoms with E-state index in [-0.39, 0.29) is 5.75 Å². The molecular weight excluding hydrogens is 240 g/mol. The number of phenols is 1. The van der Waals surface area contributed by atoms with Gasteiger partial charge in [0.1, 0.15) is 5.75 Å². The summed E-state index contributed by atoms with van der Waals surface area (Å²) in [6.45, 7) is 0. The second-order valence-electron chi connectivity index (χ2n) is 5.27. The van der Waals surface area contributed by atoms with Crippen LogP contribution in [0, 0.1) is 5.92 Å². The van der Waals surface area contributed by atoms with E-state index in [0.717, 1.165) is 12.0 Å². The van der Waals surface area contributed by atoms with Crippen LogP contribution in [-0.4, -0.2) is 15.2 Å². The Morgan fingerprint density at radius 2 is 2.05 bits per heavy atom. The molecule has 1 aliphatic rings. The highest BCUT2D eigenvalue weighted by molar-refractivity contribution is 5.56. The molecule has 3 rings (SSSR count). The molecule has 1 N–H and O–H groups in total. The number of aromatic nitrogens is 2. The van der Waals surface area contributed by atoms with Crippen LogP contribution in [0.4, 0.5) is 0 Å². The standard InChI is InChI=1S/C15H18N2O2/c18-13-8-4-7-12(10-13)15-16-14(19-17-15)9-11-5-2-1-3-6-11/h4,7-8,10-11,18H,1-3,5-6,9H2. The first-order valence-electron chi connectivity index (χ1n) is 6.93. The van der Waals surface area contributed by atoms with Gasteiger partial charge in [-0.15, -0.1) is 0 Å². The molecule has 0 radical (unpaired) electrons. The first-order chi connectivity index (χ1) is 9.31. The summed E-state index contributed by atoms with van der Waals surface area (Å²) < 4.78 is 5.32. The highest BCUT2D eigenvalue weighted by atomic mass is 16.5. The highest BCUT2D eigenvalue weighted by Gasteiger charge is 2.18. The number of nitrogens with zero attached hydrogens (tertiary/aromatic N) is 2. The molecule has 4 nitrogen and oxygen atoms in total. The van der Waals surface area contributed by atoms with E-state index in [1.807, 2.05) is 6.07 Å². The monoisotopic (exact) mass is 258 g/mol. The van der Waals surface area contributed by atoms with Gasteiger partial charge in [-0.1, -0.05) is 36.6 Å². The van der Waals surface area contributed by atoms with E-state index in [4.69, 9.17) is 4.52 Å². The quantitative estimate of drug-likeness (QED) is 0.914. The fourth-order valence-corrected chi connectivity index (χ4v) is 2.74. The lowest BCUT2D eigenvalue weighted by Crippen LogP contribution is -2.09. The maximum Gasteiger partial charge on any atom is 0.227 e. The molecule has 0 atom stereocenters. The third kappa shape index (κ3) is 2.95. The molecule has 0 amide bonds. The van der Waals surface area contributed by atoms with Gasteiger partial charge in [0.05, 0.1) is 0 Å². The largest absolute Gasteiger partial charge is 0.508 e. The van der Waals surface area contributed by atoms with Crippen LogP contribution in [0.5, 0.6) is 5.75 Å². The van der Waals surface area contributed by atoms with E-state index in [2.05, 4.69) is 10.1 Å². The van der Waals surface area contributed by atoms with Gasteiger partial charge in [0.25, 0.3) is 0 Å². The molecule has 19 heavy (non-hydrogen) atoms. The van der Waals surface area contributed by atoms with Crippen LogP contribution in [0.1, 0.15) is 38.0 Å². The van der Waals surface area contributed by atoms with Crippen molar-refractivity contribution in [3.8, 4) is 17.1 Å². The molecular formula is C15H18N2O2. The van der Waals surface area contributed by atoms with Crippen molar-refractivity contribution in [2.24, 2.45) is 5.92 Å². The first-order valence-corrected chi connectivity index (χ1v) is 6.93. The first kappa shape index (κ1) is 12.2. The zero-order valence-electron chi connectivity index (χ0n) is 10.9. The van der Waals surface area contributed by atoms with E-state index in [1.165, 1.54) is 32.1 Å². The van der Waals surface area contributed by atoms with Gasteiger partial charge >= 0.3 is 0 Å². The molecule has 2 aromatic rings. The van der Waals surface area contributed by atoms with Crippen molar-refractivity contribution in [3.05, 3.63) is 30.2 Å². The van der Waals surface area contributed by atoms with Crippen molar-refractivity contribution in [2.75, 3.05) is 0 Å². The van der Waals surface area contributed by atoms with Crippen LogP contribution in [0.2, 0.25) is 0 Å². The third-order valence-electron chi connectivity index (χ3n) is 3.76. The van der Waals surface area contributed by atoms with Gasteiger partial charge < -0.3 is 9.63 Å². The fraction of sp³-hybridized carbons (Fsp3) is 0.467. The molecule has 0 bridgehead atoms. The van der Waals surface area contributed by atoms with Gasteiger partial charge in [0, 0.05) is 12.0 Å². The van der Waals surface area contributed by atoms with Crippen LogP contribution in [0.3, 0.4) is 0 Å². The lowest BCUT2D eigenvalue weighted by molar-refractivity contribution is 0.305. The number of hydrogen-bond acceptors (Lipinski definition) is 4. The topological polar surface area (TPSA) is 59.2 Å². The van der Waals surface area contributed by atoms with Crippen molar-refractivity contribution in [2.45, 2.75) is 38.5 Å². The van der Waals surface area contributed by atoms with E-state index in [9.17, 15) is 5.11 Å². The van der Waals surface area contributed by atoms with Crippen molar-refractivity contribution >= 4 is 0 Å². The minimum atomic E-state index is 0.219. The number of phenolic OH excluding ortho intramolecular Hbond substituents is 1. The Morgan fingerprint density at radius 3 is 2.84 bits per heavy atom. The predicted octanol–water partition coefficient (Wildman–Crippen LogP) is 3.57. The summed E-state index contributed by atoms with van der Waals surface area (Å²) in [5.41, 5.74) is 0.790. The second kappa shape index (κ2) is 5.43. The fourth-order valence-electron chi connectivity index (χ4n) is 2.74. The minimum absolute atomic E-state index is 0.219. The van der Waals surface area contributed by atoms with Crippen molar-refractivity contribution < 1.29 is 9.63 Å². The molecule has 1 heterocycles. The highest BCUT2D eigenvalue weighted by Crippen LogP contribution is 2.27. The summed E-state index contributed by atoms with van der Waals surface area (Å²) >= 11 is 0. The van der Waals surface area contributed by atoms with Crippen LogP contribution < -0.4 is 0 Å². The molecule has 1 aromatic carbocycles. The number of benzene rings is 1. The minimum Gasteiger partial charge on any atom is -0.508 e. The average molecular weight is 258 g/mol. The van der Waals surface area contributed by atoms with E-state index >= 15 is 0 Å². The van der Waals surface area contributed by atoms with Crippen molar-refractivity contribution in [1.29, 1.82) is 0 Å². The molecule has 0 aliphatic heterocycles. The molecule has 0 unspecified atom stereocenters. The zero-order chi connectivity index (χ0) is 13.1. The molecule has 0 saturated heterocycles. The molecule has 1 aromatic heterocycles. The lowest BCUT2D eigenvalue weighted by Gasteiger charge is -2.19. The maximum absolute atomic E-state index is 9.46. The normalized spacial score (nSPS) is 16.6. The van der Waals surface area contributed by atoms with Gasteiger partial charge in [-0.25, -0.2) is 0 Å². The van der Waals surface area contributed by atoms with Gasteiger partial charge in [-0.2, -0.15) is 4.98 Å². The Labute approximate surface area is 112 Å². The van der Waals surface area contributed by atoms with Gasteiger partial charge in [-0.3, -0.25) is 0 Å². The Hall–Kier alpha value is -1.84. The summed E-state index contributed by atoms with van der Waals surface area (Å²) in [6, 6.07) is 6.93. The molecule has 1 fully saturated rings. The molecule has 1 aliphatic carbocycles. The van der Waals surface area contributed by atoms with E-state index in [0.29, 0.717) is 17.6 Å². The lowest BCUT2D eigenvalue weighted by atomic mass is 9.87. The molecule has 0 spiro atoms. The number of aromatic hydroxyl groups is 1. The van der Waals surface area contributed by atoms with Crippen LogP contribution in [0.25, 0.3) is 11.4 Å². The predicted molar refractivity (Wildman–Crippen MR) is 71.7 cm³/mol. The van der Waals surface area contributed by atoms with Crippen LogP contribution in [0.15, 0.2) is 28.8 Å². The Morgan fingerprint density at radius 1 is 1.21 bits per heavy atom. The zero-order valence-corrected chi connectivity index (χ0v) is 10.9. The summed E-state index contributed by atoms with van der Waals surface area (Å²) in [6.07, 6.45) is 7.41. The van der Waals surface area contributed by atoms with Gasteiger partial charge in [0.15, 0.2) is 0 Å². The summed E-state index contributed by atoms with van der Waals surface area (Å²) in [7, 11) is 0. The SMILES string of the molecule is Oc1cccc(-c2noc(CC3CCCCC3)n2)c1. The van der Waals surface area contributed by atoms with Crippen LogP contribution in [-0.2, 0) is 6.42 Å². The summed E-state index contributed by atoms with van der Waals surface area (Å²) in [5, 5.41) is 13.5. The average Bonchev–Trinajstić information content (AvgIpc) is 2.88. The number of rotatable bonds is 3. The van der Waals surface area contributed by atoms with Crippen molar-refractivity contribution in [1.82, 2.24) is 10.1 Å². The Bertz CT molecular complexity index is 545. The Balaban J connectivity index is 1.72. The molecule has 100 valence electrons. The van der Waals surface area contributed by atoms with Gasteiger partial charge in [-0.05, 0) is 30.9 Å². The Kier molecular flexibility index (Phi) is 3.49.